The minimum atomic E-state index is 0.775. The normalized spacial score (nSPS) is 11.6. The van der Waals surface area contributed by atoms with Gasteiger partial charge in [0, 0.05) is 0 Å². The molecule has 48 valence electrons. The summed E-state index contributed by atoms with van der Waals surface area (Å²) in [6, 6.07) is 0. The second-order valence-corrected chi connectivity index (χ2v) is 1.77. The summed E-state index contributed by atoms with van der Waals surface area (Å²) in [6.45, 7) is 6.94. The largest absolute Gasteiger partial charge is 0.502 e. The van der Waals surface area contributed by atoms with Crippen molar-refractivity contribution < 1.29 is 4.74 Å². The Hall–Kier alpha value is -0.460. The highest BCUT2D eigenvalue weighted by Crippen LogP contribution is 1.96. The first-order chi connectivity index (χ1) is 3.81. The van der Waals surface area contributed by atoms with Gasteiger partial charge in [-0.05, 0) is 25.8 Å². The lowest BCUT2D eigenvalue weighted by Crippen LogP contribution is -1.79. The molecule has 0 amide bonds. The second kappa shape index (κ2) is 4.69. The van der Waals surface area contributed by atoms with Crippen molar-refractivity contribution in [2.75, 3.05) is 6.61 Å². The molecule has 0 aromatic rings. The second-order valence-electron chi connectivity index (χ2n) is 1.77. The first-order valence-electron chi connectivity index (χ1n) is 3.08. The molecular formula is C7H14O. The molecule has 1 heteroatoms. The third kappa shape index (κ3) is 3.72. The van der Waals surface area contributed by atoms with Crippen molar-refractivity contribution in [2.24, 2.45) is 0 Å². The monoisotopic (exact) mass is 114 g/mol. The van der Waals surface area contributed by atoms with Crippen LogP contribution in [-0.2, 0) is 4.74 Å². The van der Waals surface area contributed by atoms with Gasteiger partial charge in [0.1, 0.15) is 0 Å². The van der Waals surface area contributed by atoms with Crippen LogP contribution in [0.25, 0.3) is 0 Å². The van der Waals surface area contributed by atoms with Crippen LogP contribution in [0.15, 0.2) is 11.8 Å². The quantitative estimate of drug-likeness (QED) is 0.512. The number of hydrogen-bond acceptors (Lipinski definition) is 1. The Balaban J connectivity index is 3.26. The molecule has 0 unspecified atom stereocenters. The zero-order valence-electron chi connectivity index (χ0n) is 5.90. The van der Waals surface area contributed by atoms with Crippen LogP contribution >= 0.6 is 0 Å². The lowest BCUT2D eigenvalue weighted by Gasteiger charge is -1.95. The van der Waals surface area contributed by atoms with Gasteiger partial charge in [0.05, 0.1) is 12.9 Å². The Morgan fingerprint density at radius 1 is 1.50 bits per heavy atom. The van der Waals surface area contributed by atoms with E-state index >= 15 is 0 Å². The van der Waals surface area contributed by atoms with Crippen LogP contribution < -0.4 is 0 Å². The Labute approximate surface area is 51.4 Å². The molecule has 0 fully saturated rings. The lowest BCUT2D eigenvalue weighted by molar-refractivity contribution is 0.265. The molecule has 0 saturated heterocycles. The molecule has 0 atom stereocenters. The van der Waals surface area contributed by atoms with E-state index in [9.17, 15) is 0 Å². The van der Waals surface area contributed by atoms with Gasteiger partial charge in [0.2, 0.25) is 0 Å². The smallest absolute Gasteiger partial charge is 0.0845 e. The maximum atomic E-state index is 5.02. The van der Waals surface area contributed by atoms with Gasteiger partial charge in [0.15, 0.2) is 0 Å². The molecular weight excluding hydrogens is 100 g/mol. The predicted molar refractivity (Wildman–Crippen MR) is 35.7 cm³/mol. The van der Waals surface area contributed by atoms with Gasteiger partial charge in [-0.2, -0.15) is 0 Å². The van der Waals surface area contributed by atoms with Crippen molar-refractivity contribution in [1.82, 2.24) is 0 Å². The van der Waals surface area contributed by atoms with Crippen molar-refractivity contribution in [3.63, 3.8) is 0 Å². The van der Waals surface area contributed by atoms with Crippen molar-refractivity contribution in [3.05, 3.63) is 11.8 Å². The summed E-state index contributed by atoms with van der Waals surface area (Å²) in [5, 5.41) is 0. The van der Waals surface area contributed by atoms with Crippen molar-refractivity contribution in [2.45, 2.75) is 27.2 Å². The Bertz CT molecular complexity index is 74.5. The number of allylic oxidation sites excluding steroid dienone is 1. The Morgan fingerprint density at radius 2 is 2.12 bits per heavy atom. The number of hydrogen-bond donors (Lipinski definition) is 0. The summed E-state index contributed by atoms with van der Waals surface area (Å²) in [5.74, 6) is 0. The maximum absolute atomic E-state index is 5.02. The predicted octanol–water partition coefficient (Wildman–Crippen LogP) is 2.34. The first kappa shape index (κ1) is 7.54. The fourth-order valence-electron chi connectivity index (χ4n) is 0.309. The SMILES string of the molecule is CCO/C=C(\C)CC. The molecule has 0 bridgehead atoms. The molecule has 0 radical (unpaired) electrons. The van der Waals surface area contributed by atoms with E-state index < -0.39 is 0 Å². The highest BCUT2D eigenvalue weighted by Gasteiger charge is 1.79. The van der Waals surface area contributed by atoms with Gasteiger partial charge >= 0.3 is 0 Å². The summed E-state index contributed by atoms with van der Waals surface area (Å²) in [6.07, 6.45) is 2.90. The molecule has 0 heterocycles. The summed E-state index contributed by atoms with van der Waals surface area (Å²) >= 11 is 0. The first-order valence-corrected chi connectivity index (χ1v) is 3.08. The molecule has 0 aromatic carbocycles. The fraction of sp³-hybridized carbons (Fsp3) is 0.714. The molecule has 0 aromatic heterocycles. The zero-order valence-corrected chi connectivity index (χ0v) is 5.90. The molecule has 8 heavy (non-hydrogen) atoms. The van der Waals surface area contributed by atoms with Crippen LogP contribution in [0.5, 0.6) is 0 Å². The van der Waals surface area contributed by atoms with Crippen LogP contribution in [0.2, 0.25) is 0 Å². The third-order valence-corrected chi connectivity index (χ3v) is 1.01. The average molecular weight is 114 g/mol. The molecule has 0 aliphatic heterocycles. The topological polar surface area (TPSA) is 9.23 Å². The van der Waals surface area contributed by atoms with E-state index in [1.54, 1.807) is 0 Å². The summed E-state index contributed by atoms with van der Waals surface area (Å²) < 4.78 is 5.02. The van der Waals surface area contributed by atoms with Gasteiger partial charge in [-0.1, -0.05) is 6.92 Å². The molecule has 0 N–H and O–H groups in total. The van der Waals surface area contributed by atoms with E-state index in [1.807, 2.05) is 13.2 Å². The van der Waals surface area contributed by atoms with Gasteiger partial charge in [-0.3, -0.25) is 0 Å². The zero-order chi connectivity index (χ0) is 6.41. The van der Waals surface area contributed by atoms with Crippen LogP contribution in [0, 0.1) is 0 Å². The Kier molecular flexibility index (Phi) is 4.42. The number of ether oxygens (including phenoxy) is 1. The van der Waals surface area contributed by atoms with Crippen molar-refractivity contribution in [3.8, 4) is 0 Å². The van der Waals surface area contributed by atoms with Crippen molar-refractivity contribution in [1.29, 1.82) is 0 Å². The molecule has 0 saturated carbocycles. The van der Waals surface area contributed by atoms with Gasteiger partial charge in [-0.25, -0.2) is 0 Å². The van der Waals surface area contributed by atoms with Crippen LogP contribution in [0.1, 0.15) is 27.2 Å². The molecule has 0 rings (SSSR count). The summed E-state index contributed by atoms with van der Waals surface area (Å²) in [7, 11) is 0. The van der Waals surface area contributed by atoms with E-state index in [0.717, 1.165) is 13.0 Å². The Morgan fingerprint density at radius 3 is 2.50 bits per heavy atom. The van der Waals surface area contributed by atoms with Gasteiger partial charge in [-0.15, -0.1) is 0 Å². The van der Waals surface area contributed by atoms with E-state index in [-0.39, 0.29) is 0 Å². The van der Waals surface area contributed by atoms with E-state index in [2.05, 4.69) is 13.8 Å². The van der Waals surface area contributed by atoms with Crippen molar-refractivity contribution >= 4 is 0 Å². The molecule has 0 spiro atoms. The fourth-order valence-corrected chi connectivity index (χ4v) is 0.309. The molecule has 0 aliphatic rings. The summed E-state index contributed by atoms with van der Waals surface area (Å²) in [5.41, 5.74) is 1.30. The third-order valence-electron chi connectivity index (χ3n) is 1.01. The molecule has 0 aliphatic carbocycles. The van der Waals surface area contributed by atoms with Crippen LogP contribution in [0.3, 0.4) is 0 Å². The lowest BCUT2D eigenvalue weighted by atomic mass is 10.3. The summed E-state index contributed by atoms with van der Waals surface area (Å²) in [4.78, 5) is 0. The van der Waals surface area contributed by atoms with E-state index in [0.29, 0.717) is 0 Å². The molecule has 1 nitrogen and oxygen atoms in total. The maximum Gasteiger partial charge on any atom is 0.0845 e. The minimum absolute atomic E-state index is 0.775. The van der Waals surface area contributed by atoms with E-state index in [1.165, 1.54) is 5.57 Å². The minimum Gasteiger partial charge on any atom is -0.502 e. The van der Waals surface area contributed by atoms with E-state index in [4.69, 9.17) is 4.74 Å². The highest BCUT2D eigenvalue weighted by atomic mass is 16.5. The van der Waals surface area contributed by atoms with Gasteiger partial charge in [0.25, 0.3) is 0 Å². The van der Waals surface area contributed by atoms with Gasteiger partial charge < -0.3 is 4.74 Å². The average Bonchev–Trinajstić information content (AvgIpc) is 1.83. The van der Waals surface area contributed by atoms with Crippen LogP contribution in [-0.4, -0.2) is 6.61 Å². The standard InChI is InChI=1S/C7H14O/c1-4-7(3)6-8-5-2/h6H,4-5H2,1-3H3/b7-6+. The van der Waals surface area contributed by atoms with Crippen LogP contribution in [0.4, 0.5) is 0 Å². The number of rotatable bonds is 3. The highest BCUT2D eigenvalue weighted by molar-refractivity contribution is 4.90.